The summed E-state index contributed by atoms with van der Waals surface area (Å²) in [5, 5.41) is 3.52. The number of rotatable bonds is 5. The van der Waals surface area contributed by atoms with Gasteiger partial charge in [-0.25, -0.2) is 0 Å². The molecular formula is C15H20BrNO. The molecule has 1 unspecified atom stereocenters. The quantitative estimate of drug-likeness (QED) is 0.837. The van der Waals surface area contributed by atoms with Gasteiger partial charge in [-0.1, -0.05) is 12.6 Å². The molecule has 18 heavy (non-hydrogen) atoms. The van der Waals surface area contributed by atoms with Gasteiger partial charge in [-0.05, 0) is 71.9 Å². The molecule has 1 N–H and O–H groups in total. The maximum absolute atomic E-state index is 5.66. The van der Waals surface area contributed by atoms with Gasteiger partial charge in [0.15, 0.2) is 0 Å². The summed E-state index contributed by atoms with van der Waals surface area (Å²) in [7, 11) is 0. The molecule has 0 bridgehead atoms. The van der Waals surface area contributed by atoms with Crippen LogP contribution in [0.5, 0.6) is 5.75 Å². The molecule has 0 radical (unpaired) electrons. The number of ether oxygens (including phenoxy) is 1. The average molecular weight is 310 g/mol. The molecule has 1 aliphatic heterocycles. The van der Waals surface area contributed by atoms with Gasteiger partial charge < -0.3 is 10.1 Å². The van der Waals surface area contributed by atoms with Gasteiger partial charge in [-0.15, -0.1) is 0 Å². The van der Waals surface area contributed by atoms with Crippen molar-refractivity contribution in [2.45, 2.75) is 32.2 Å². The zero-order valence-corrected chi connectivity index (χ0v) is 12.4. The molecular weight excluding hydrogens is 290 g/mol. The van der Waals surface area contributed by atoms with Crippen LogP contribution < -0.4 is 10.1 Å². The Balaban J connectivity index is 1.97. The highest BCUT2D eigenvalue weighted by Gasteiger charge is 2.14. The monoisotopic (exact) mass is 309 g/mol. The van der Waals surface area contributed by atoms with Gasteiger partial charge in [0.2, 0.25) is 0 Å². The van der Waals surface area contributed by atoms with E-state index in [0.717, 1.165) is 28.8 Å². The lowest BCUT2D eigenvalue weighted by Crippen LogP contribution is -2.23. The van der Waals surface area contributed by atoms with Crippen LogP contribution in [-0.2, 0) is 6.42 Å². The van der Waals surface area contributed by atoms with Crippen molar-refractivity contribution >= 4 is 15.9 Å². The number of hydrogen-bond donors (Lipinski definition) is 1. The van der Waals surface area contributed by atoms with Gasteiger partial charge in [0, 0.05) is 6.04 Å². The number of nitrogens with one attached hydrogen (secondary N) is 1. The van der Waals surface area contributed by atoms with Crippen LogP contribution in [0.4, 0.5) is 0 Å². The van der Waals surface area contributed by atoms with E-state index in [1.807, 2.05) is 13.0 Å². The summed E-state index contributed by atoms with van der Waals surface area (Å²) in [5.74, 6) is 0.890. The number of hydrogen-bond acceptors (Lipinski definition) is 2. The van der Waals surface area contributed by atoms with E-state index < -0.39 is 0 Å². The van der Waals surface area contributed by atoms with Gasteiger partial charge in [-0.3, -0.25) is 0 Å². The minimum Gasteiger partial charge on any atom is -0.488 e. The topological polar surface area (TPSA) is 21.3 Å². The van der Waals surface area contributed by atoms with E-state index in [4.69, 9.17) is 4.74 Å². The van der Waals surface area contributed by atoms with Gasteiger partial charge in [0.25, 0.3) is 0 Å². The smallest absolute Gasteiger partial charge is 0.133 e. The first-order valence-electron chi connectivity index (χ1n) is 6.44. The van der Waals surface area contributed by atoms with Crippen molar-refractivity contribution in [3.63, 3.8) is 0 Å². The third-order valence-electron chi connectivity index (χ3n) is 3.11. The van der Waals surface area contributed by atoms with Crippen LogP contribution in [0.1, 0.15) is 25.3 Å². The minimum absolute atomic E-state index is 0.572. The predicted molar refractivity (Wildman–Crippen MR) is 79.2 cm³/mol. The zero-order chi connectivity index (χ0) is 13.0. The summed E-state index contributed by atoms with van der Waals surface area (Å²) in [6.07, 6.45) is 3.68. The van der Waals surface area contributed by atoms with E-state index in [1.165, 1.54) is 18.4 Å². The molecule has 0 saturated carbocycles. The van der Waals surface area contributed by atoms with Crippen molar-refractivity contribution in [3.8, 4) is 5.75 Å². The molecule has 0 spiro atoms. The fourth-order valence-corrected chi connectivity index (χ4v) is 2.75. The third kappa shape index (κ3) is 3.85. The molecule has 1 saturated heterocycles. The molecule has 98 valence electrons. The predicted octanol–water partition coefficient (Wildman–Crippen LogP) is 3.70. The highest BCUT2D eigenvalue weighted by atomic mass is 79.9. The molecule has 0 amide bonds. The molecule has 2 rings (SSSR count). The summed E-state index contributed by atoms with van der Waals surface area (Å²) in [5.41, 5.74) is 2.38. The Bertz CT molecular complexity index is 425. The number of halogens is 1. The van der Waals surface area contributed by atoms with Crippen LogP contribution in [0.15, 0.2) is 34.8 Å². The van der Waals surface area contributed by atoms with Crippen LogP contribution in [0.2, 0.25) is 0 Å². The molecule has 3 heteroatoms. The van der Waals surface area contributed by atoms with Gasteiger partial charge in [-0.2, -0.15) is 0 Å². The standard InChI is InChI=1S/C15H20BrNO/c1-11(2)10-18-15-6-5-12(9-14(15)16)8-13-4-3-7-17-13/h5-6,9,13,17H,1,3-4,7-8,10H2,2H3. The van der Waals surface area contributed by atoms with E-state index in [9.17, 15) is 0 Å². The molecule has 1 aromatic rings. The normalized spacial score (nSPS) is 18.9. The lowest BCUT2D eigenvalue weighted by molar-refractivity contribution is 0.350. The summed E-state index contributed by atoms with van der Waals surface area (Å²) in [6.45, 7) is 7.53. The van der Waals surface area contributed by atoms with E-state index in [-0.39, 0.29) is 0 Å². The Labute approximate surface area is 118 Å². The van der Waals surface area contributed by atoms with Crippen LogP contribution in [0.3, 0.4) is 0 Å². The van der Waals surface area contributed by atoms with Crippen molar-refractivity contribution in [1.82, 2.24) is 5.32 Å². The fourth-order valence-electron chi connectivity index (χ4n) is 2.20. The average Bonchev–Trinajstić information content (AvgIpc) is 2.80. The summed E-state index contributed by atoms with van der Waals surface area (Å²) in [4.78, 5) is 0. The first-order valence-corrected chi connectivity index (χ1v) is 7.23. The van der Waals surface area contributed by atoms with Crippen molar-refractivity contribution in [1.29, 1.82) is 0 Å². The maximum Gasteiger partial charge on any atom is 0.133 e. The molecule has 0 aromatic heterocycles. The van der Waals surface area contributed by atoms with E-state index >= 15 is 0 Å². The molecule has 1 heterocycles. The van der Waals surface area contributed by atoms with Crippen LogP contribution in [0, 0.1) is 0 Å². The third-order valence-corrected chi connectivity index (χ3v) is 3.73. The Morgan fingerprint density at radius 2 is 2.39 bits per heavy atom. The Morgan fingerprint density at radius 1 is 1.56 bits per heavy atom. The largest absolute Gasteiger partial charge is 0.488 e. The fraction of sp³-hybridized carbons (Fsp3) is 0.467. The molecule has 1 fully saturated rings. The molecule has 0 aliphatic carbocycles. The maximum atomic E-state index is 5.66. The second-order valence-corrected chi connectivity index (χ2v) is 5.86. The molecule has 2 nitrogen and oxygen atoms in total. The highest BCUT2D eigenvalue weighted by molar-refractivity contribution is 9.10. The SMILES string of the molecule is C=C(C)COc1ccc(CC2CCCN2)cc1Br. The lowest BCUT2D eigenvalue weighted by atomic mass is 10.0. The van der Waals surface area contributed by atoms with Crippen molar-refractivity contribution in [2.24, 2.45) is 0 Å². The highest BCUT2D eigenvalue weighted by Crippen LogP contribution is 2.27. The summed E-state index contributed by atoms with van der Waals surface area (Å²) in [6, 6.07) is 6.99. The van der Waals surface area contributed by atoms with Gasteiger partial charge in [0.1, 0.15) is 12.4 Å². The van der Waals surface area contributed by atoms with E-state index in [1.54, 1.807) is 0 Å². The Kier molecular flexibility index (Phi) is 4.84. The van der Waals surface area contributed by atoms with Crippen molar-refractivity contribution in [2.75, 3.05) is 13.2 Å². The second kappa shape index (κ2) is 6.39. The molecule has 1 aliphatic rings. The lowest BCUT2D eigenvalue weighted by Gasteiger charge is -2.12. The Morgan fingerprint density at radius 3 is 3.00 bits per heavy atom. The van der Waals surface area contributed by atoms with Gasteiger partial charge >= 0.3 is 0 Å². The number of benzene rings is 1. The first-order chi connectivity index (χ1) is 8.65. The van der Waals surface area contributed by atoms with Crippen LogP contribution in [0.25, 0.3) is 0 Å². The Hall–Kier alpha value is -0.800. The van der Waals surface area contributed by atoms with Crippen molar-refractivity contribution in [3.05, 3.63) is 40.4 Å². The summed E-state index contributed by atoms with van der Waals surface area (Å²) < 4.78 is 6.69. The van der Waals surface area contributed by atoms with Crippen LogP contribution >= 0.6 is 15.9 Å². The second-order valence-electron chi connectivity index (χ2n) is 5.01. The van der Waals surface area contributed by atoms with Crippen LogP contribution in [-0.4, -0.2) is 19.2 Å². The summed E-state index contributed by atoms with van der Waals surface area (Å²) >= 11 is 3.57. The zero-order valence-electron chi connectivity index (χ0n) is 10.8. The van der Waals surface area contributed by atoms with E-state index in [2.05, 4.69) is 40.0 Å². The molecule has 1 atom stereocenters. The first kappa shape index (κ1) is 13.6. The van der Waals surface area contributed by atoms with Crippen molar-refractivity contribution < 1.29 is 4.74 Å². The van der Waals surface area contributed by atoms with Gasteiger partial charge in [0.05, 0.1) is 4.47 Å². The molecule has 1 aromatic carbocycles. The minimum atomic E-state index is 0.572. The van der Waals surface area contributed by atoms with E-state index in [0.29, 0.717) is 12.6 Å².